The maximum Gasteiger partial charge on any atom is 0.303 e. The molecule has 0 aliphatic carbocycles. The maximum atomic E-state index is 13.0. The van der Waals surface area contributed by atoms with Gasteiger partial charge in [-0.2, -0.15) is 9.40 Å². The summed E-state index contributed by atoms with van der Waals surface area (Å²) in [5, 5.41) is 13.3. The second-order valence-electron chi connectivity index (χ2n) is 6.60. The lowest BCUT2D eigenvalue weighted by molar-refractivity contribution is -0.138. The lowest BCUT2D eigenvalue weighted by Crippen LogP contribution is -2.41. The molecule has 3 rings (SSSR count). The minimum Gasteiger partial charge on any atom is -0.481 e. The van der Waals surface area contributed by atoms with Gasteiger partial charge in [-0.3, -0.25) is 9.48 Å². The first-order valence-electron chi connectivity index (χ1n) is 8.74. The summed E-state index contributed by atoms with van der Waals surface area (Å²) in [5.74, 6) is -1.03. The monoisotopic (exact) mass is 377 g/mol. The molecule has 140 valence electrons. The van der Waals surface area contributed by atoms with Gasteiger partial charge in [0.15, 0.2) is 5.03 Å². The van der Waals surface area contributed by atoms with E-state index >= 15 is 0 Å². The van der Waals surface area contributed by atoms with Gasteiger partial charge in [0.25, 0.3) is 10.0 Å². The lowest BCUT2D eigenvalue weighted by Gasteiger charge is -2.31. The topological polar surface area (TPSA) is 92.5 Å². The van der Waals surface area contributed by atoms with Crippen LogP contribution < -0.4 is 0 Å². The van der Waals surface area contributed by atoms with E-state index in [1.54, 1.807) is 0 Å². The van der Waals surface area contributed by atoms with Crippen LogP contribution >= 0.6 is 0 Å². The third kappa shape index (κ3) is 4.31. The Morgan fingerprint density at radius 3 is 2.73 bits per heavy atom. The van der Waals surface area contributed by atoms with Crippen molar-refractivity contribution in [2.24, 2.45) is 5.92 Å². The first-order valence-corrected chi connectivity index (χ1v) is 10.2. The summed E-state index contributed by atoms with van der Waals surface area (Å²) >= 11 is 0. The van der Waals surface area contributed by atoms with Gasteiger partial charge < -0.3 is 5.11 Å². The molecule has 1 N–H and O–H groups in total. The zero-order valence-corrected chi connectivity index (χ0v) is 15.3. The quantitative estimate of drug-likeness (QED) is 0.797. The normalized spacial score (nSPS) is 18.7. The molecule has 0 amide bonds. The Labute approximate surface area is 153 Å². The van der Waals surface area contributed by atoms with Gasteiger partial charge in [-0.05, 0) is 36.8 Å². The van der Waals surface area contributed by atoms with E-state index in [1.807, 2.05) is 30.3 Å². The van der Waals surface area contributed by atoms with E-state index in [4.69, 9.17) is 5.11 Å². The molecule has 0 spiro atoms. The number of piperidine rings is 1. The van der Waals surface area contributed by atoms with E-state index in [0.717, 1.165) is 12.0 Å². The third-order valence-electron chi connectivity index (χ3n) is 4.68. The highest BCUT2D eigenvalue weighted by Gasteiger charge is 2.33. The molecule has 1 aromatic carbocycles. The van der Waals surface area contributed by atoms with Crippen molar-refractivity contribution >= 4 is 16.0 Å². The van der Waals surface area contributed by atoms with Crippen molar-refractivity contribution in [3.63, 3.8) is 0 Å². The molecule has 7 nitrogen and oxygen atoms in total. The van der Waals surface area contributed by atoms with Gasteiger partial charge in [-0.15, -0.1) is 0 Å². The van der Waals surface area contributed by atoms with Gasteiger partial charge in [0.2, 0.25) is 0 Å². The first-order chi connectivity index (χ1) is 12.5. The Balaban J connectivity index is 1.73. The van der Waals surface area contributed by atoms with E-state index in [1.165, 1.54) is 21.3 Å². The Hall–Kier alpha value is -2.19. The fourth-order valence-corrected chi connectivity index (χ4v) is 5.06. The summed E-state index contributed by atoms with van der Waals surface area (Å²) in [6, 6.07) is 11.4. The van der Waals surface area contributed by atoms with E-state index in [-0.39, 0.29) is 23.9 Å². The van der Waals surface area contributed by atoms with Gasteiger partial charge in [0.05, 0.1) is 6.20 Å². The number of carbonyl (C=O) groups is 1. The van der Waals surface area contributed by atoms with Gasteiger partial charge in [0, 0.05) is 26.1 Å². The van der Waals surface area contributed by atoms with Crippen LogP contribution in [0, 0.1) is 5.92 Å². The molecular formula is C18H23N3O4S. The number of aromatic nitrogens is 2. The number of rotatable bonds is 7. The summed E-state index contributed by atoms with van der Waals surface area (Å²) < 4.78 is 29.0. The van der Waals surface area contributed by atoms with Gasteiger partial charge >= 0.3 is 5.97 Å². The van der Waals surface area contributed by atoms with Crippen LogP contribution in [-0.4, -0.2) is 46.7 Å². The minimum atomic E-state index is -3.68. The minimum absolute atomic E-state index is 0.000705. The van der Waals surface area contributed by atoms with E-state index in [9.17, 15) is 13.2 Å². The number of carboxylic acid groups (broad SMARTS) is 1. The standard InChI is InChI=1S/C18H23N3O4S/c22-18(23)13-16-7-4-11-20(14-16)26(24,25)17-8-10-19-21(17)12-9-15-5-2-1-3-6-15/h1-3,5-6,8,10,16H,4,7,9,11-14H2,(H,22,23). The van der Waals surface area contributed by atoms with Gasteiger partial charge in [-0.1, -0.05) is 30.3 Å². The molecule has 1 unspecified atom stereocenters. The van der Waals surface area contributed by atoms with Gasteiger partial charge in [-0.25, -0.2) is 8.42 Å². The van der Waals surface area contributed by atoms with E-state index in [2.05, 4.69) is 5.10 Å². The second kappa shape index (κ2) is 8.01. The molecule has 2 heterocycles. The van der Waals surface area contributed by atoms with Crippen molar-refractivity contribution in [3.05, 3.63) is 48.2 Å². The summed E-state index contributed by atoms with van der Waals surface area (Å²) in [5.41, 5.74) is 1.12. The molecule has 1 aliphatic heterocycles. The molecule has 1 aromatic heterocycles. The fraction of sp³-hybridized carbons (Fsp3) is 0.444. The van der Waals surface area contributed by atoms with Crippen LogP contribution in [-0.2, 0) is 27.8 Å². The fourth-order valence-electron chi connectivity index (χ4n) is 3.38. The Morgan fingerprint density at radius 2 is 2.00 bits per heavy atom. The molecule has 1 atom stereocenters. The van der Waals surface area contributed by atoms with Crippen LogP contribution in [0.3, 0.4) is 0 Å². The predicted octanol–water partition coefficient (Wildman–Crippen LogP) is 2.00. The Bertz CT molecular complexity index is 848. The molecule has 26 heavy (non-hydrogen) atoms. The highest BCUT2D eigenvalue weighted by atomic mass is 32.2. The van der Waals surface area contributed by atoms with Crippen LogP contribution in [0.15, 0.2) is 47.6 Å². The number of sulfonamides is 1. The molecule has 1 fully saturated rings. The summed E-state index contributed by atoms with van der Waals surface area (Å²) in [6.45, 7) is 1.14. The first kappa shape index (κ1) is 18.6. The van der Waals surface area contributed by atoms with Crippen molar-refractivity contribution in [1.29, 1.82) is 0 Å². The highest BCUT2D eigenvalue weighted by molar-refractivity contribution is 7.89. The van der Waals surface area contributed by atoms with Crippen molar-refractivity contribution in [3.8, 4) is 0 Å². The van der Waals surface area contributed by atoms with Crippen LogP contribution in [0.4, 0.5) is 0 Å². The summed E-state index contributed by atoms with van der Waals surface area (Å²) in [7, 11) is -3.68. The lowest BCUT2D eigenvalue weighted by atomic mass is 9.96. The SMILES string of the molecule is O=C(O)CC1CCCN(S(=O)(=O)c2ccnn2CCc2ccccc2)C1. The zero-order chi connectivity index (χ0) is 18.6. The van der Waals surface area contributed by atoms with Gasteiger partial charge in [0.1, 0.15) is 0 Å². The van der Waals surface area contributed by atoms with Crippen molar-refractivity contribution in [2.75, 3.05) is 13.1 Å². The molecular weight excluding hydrogens is 354 g/mol. The van der Waals surface area contributed by atoms with E-state index < -0.39 is 16.0 Å². The number of nitrogens with zero attached hydrogens (tertiary/aromatic N) is 3. The van der Waals surface area contributed by atoms with Crippen LogP contribution in [0.25, 0.3) is 0 Å². The maximum absolute atomic E-state index is 13.0. The molecule has 2 aromatic rings. The Kier molecular flexibility index (Phi) is 5.73. The largest absolute Gasteiger partial charge is 0.481 e. The van der Waals surface area contributed by atoms with Crippen molar-refractivity contribution in [1.82, 2.24) is 14.1 Å². The number of hydrogen-bond acceptors (Lipinski definition) is 4. The van der Waals surface area contributed by atoms with Crippen LogP contribution in [0.1, 0.15) is 24.8 Å². The zero-order valence-electron chi connectivity index (χ0n) is 14.5. The number of aryl methyl sites for hydroxylation is 2. The van der Waals surface area contributed by atoms with Crippen LogP contribution in [0.5, 0.6) is 0 Å². The molecule has 0 saturated carbocycles. The molecule has 8 heteroatoms. The average molecular weight is 377 g/mol. The van der Waals surface area contributed by atoms with Crippen molar-refractivity contribution in [2.45, 2.75) is 37.3 Å². The number of aliphatic carboxylic acids is 1. The number of hydrogen-bond donors (Lipinski definition) is 1. The molecule has 1 saturated heterocycles. The smallest absolute Gasteiger partial charge is 0.303 e. The average Bonchev–Trinajstić information content (AvgIpc) is 3.10. The van der Waals surface area contributed by atoms with Crippen molar-refractivity contribution < 1.29 is 18.3 Å². The predicted molar refractivity (Wildman–Crippen MR) is 96.1 cm³/mol. The second-order valence-corrected chi connectivity index (χ2v) is 8.48. The van der Waals surface area contributed by atoms with E-state index in [0.29, 0.717) is 25.9 Å². The van der Waals surface area contributed by atoms with Crippen LogP contribution in [0.2, 0.25) is 0 Å². The third-order valence-corrected chi connectivity index (χ3v) is 6.57. The number of carboxylic acids is 1. The highest BCUT2D eigenvalue weighted by Crippen LogP contribution is 2.25. The summed E-state index contributed by atoms with van der Waals surface area (Å²) in [4.78, 5) is 10.9. The Morgan fingerprint density at radius 1 is 1.23 bits per heavy atom. The summed E-state index contributed by atoms with van der Waals surface area (Å²) in [6.07, 6.45) is 3.60. The molecule has 0 radical (unpaired) electrons. The molecule has 0 bridgehead atoms. The molecule has 1 aliphatic rings. The number of benzene rings is 1.